The molecule has 0 aliphatic carbocycles. The highest BCUT2D eigenvalue weighted by Gasteiger charge is 2.19. The van der Waals surface area contributed by atoms with Gasteiger partial charge in [0.1, 0.15) is 11.5 Å². The van der Waals surface area contributed by atoms with Crippen LogP contribution in [0, 0.1) is 18.8 Å². The molecule has 2 rings (SSSR count). The molecule has 0 bridgehead atoms. The number of aliphatic hydroxyl groups is 1. The smallest absolute Gasteiger partial charge is 0.133 e. The number of aryl methyl sites for hydroxylation is 1. The maximum Gasteiger partial charge on any atom is 0.133 e. The molecule has 0 aliphatic rings. The Balaban J connectivity index is 0.00000258. The lowest BCUT2D eigenvalue weighted by Gasteiger charge is -2.25. The molecule has 2 nitrogen and oxygen atoms in total. The van der Waals surface area contributed by atoms with Gasteiger partial charge in [-0.25, -0.2) is 0 Å². The van der Waals surface area contributed by atoms with E-state index >= 15 is 0 Å². The van der Waals surface area contributed by atoms with Gasteiger partial charge in [-0.05, 0) is 66.2 Å². The molecule has 3 unspecified atom stereocenters. The Labute approximate surface area is 217 Å². The van der Waals surface area contributed by atoms with Gasteiger partial charge >= 0.3 is 0 Å². The molecule has 2 aromatic rings. The Kier molecular flexibility index (Phi) is 19.1. The number of para-hydroxylation sites is 1. The molecule has 34 heavy (non-hydrogen) atoms. The Morgan fingerprint density at radius 3 is 2.15 bits per heavy atom. The third-order valence-electron chi connectivity index (χ3n) is 6.25. The fourth-order valence-electron chi connectivity index (χ4n) is 4.40. The largest absolute Gasteiger partial charge is 0.457 e. The van der Waals surface area contributed by atoms with Crippen LogP contribution in [0.1, 0.15) is 95.7 Å². The summed E-state index contributed by atoms with van der Waals surface area (Å²) in [4.78, 5) is 0. The highest BCUT2D eigenvalue weighted by Crippen LogP contribution is 2.36. The highest BCUT2D eigenvalue weighted by atomic mass is 32.1. The minimum atomic E-state index is 0.0281. The molecule has 4 heteroatoms. The molecule has 0 spiro atoms. The van der Waals surface area contributed by atoms with Crippen molar-refractivity contribution < 1.29 is 9.84 Å². The zero-order chi connectivity index (χ0) is 25.9. The second-order valence-corrected chi connectivity index (χ2v) is 9.18. The summed E-state index contributed by atoms with van der Waals surface area (Å²) in [6.07, 6.45) is 8.20. The zero-order valence-corrected chi connectivity index (χ0v) is 23.7. The van der Waals surface area contributed by atoms with Crippen LogP contribution in [0.3, 0.4) is 0 Å². The summed E-state index contributed by atoms with van der Waals surface area (Å²) in [5.74, 6) is 4.22. The summed E-state index contributed by atoms with van der Waals surface area (Å²) in [7, 11) is 7.77. The van der Waals surface area contributed by atoms with E-state index in [-0.39, 0.29) is 5.82 Å². The van der Waals surface area contributed by atoms with Crippen LogP contribution in [0.15, 0.2) is 42.5 Å². The van der Waals surface area contributed by atoms with E-state index in [1.807, 2.05) is 44.2 Å². The number of rotatable bonds is 13. The fourth-order valence-corrected chi connectivity index (χ4v) is 4.76. The van der Waals surface area contributed by atoms with Crippen LogP contribution in [-0.2, 0) is 6.42 Å². The molecule has 0 heterocycles. The van der Waals surface area contributed by atoms with Crippen molar-refractivity contribution >= 4 is 20.5 Å². The van der Waals surface area contributed by atoms with E-state index < -0.39 is 0 Å². The minimum absolute atomic E-state index is 0.0281. The minimum Gasteiger partial charge on any atom is -0.457 e. The second-order valence-electron chi connectivity index (χ2n) is 8.73. The Morgan fingerprint density at radius 2 is 1.59 bits per heavy atom. The standard InChI is InChI=1S/C27H39BOS.C2H6.CH4O/c1-5-10-20(3)13-14-22(17-18-30)19-26(28)25-16-15-23(6-2)27(21(25)4)29-24-11-8-7-9-12-24;2*1-2/h7-9,11-12,15-16,20,22,26,30H,5-6,10,13-14,17-19H2,1-4H3;1-2H3;2H,1H3. The van der Waals surface area contributed by atoms with Gasteiger partial charge in [-0.15, -0.1) is 0 Å². The number of benzene rings is 2. The van der Waals surface area contributed by atoms with Gasteiger partial charge in [0.05, 0.1) is 7.85 Å². The summed E-state index contributed by atoms with van der Waals surface area (Å²) in [5.41, 5.74) is 3.62. The van der Waals surface area contributed by atoms with Gasteiger partial charge in [0, 0.05) is 7.11 Å². The number of aliphatic hydroxyl groups excluding tert-OH is 1. The summed E-state index contributed by atoms with van der Waals surface area (Å²) in [6, 6.07) is 14.4. The van der Waals surface area contributed by atoms with Gasteiger partial charge in [-0.1, -0.05) is 103 Å². The first kappa shape index (κ1) is 32.6. The van der Waals surface area contributed by atoms with Crippen LogP contribution in [-0.4, -0.2) is 25.8 Å². The normalized spacial score (nSPS) is 13.0. The van der Waals surface area contributed by atoms with Crippen LogP contribution < -0.4 is 4.74 Å². The molecule has 0 saturated carbocycles. The highest BCUT2D eigenvalue weighted by molar-refractivity contribution is 7.80. The van der Waals surface area contributed by atoms with Crippen molar-refractivity contribution in [2.24, 2.45) is 11.8 Å². The molecule has 3 atom stereocenters. The molecule has 0 saturated heterocycles. The van der Waals surface area contributed by atoms with Crippen molar-refractivity contribution in [2.75, 3.05) is 12.9 Å². The maximum absolute atomic E-state index is 7.00. The van der Waals surface area contributed by atoms with Crippen molar-refractivity contribution in [1.29, 1.82) is 0 Å². The van der Waals surface area contributed by atoms with Gasteiger partial charge < -0.3 is 9.84 Å². The molecule has 0 aliphatic heterocycles. The van der Waals surface area contributed by atoms with E-state index in [1.165, 1.54) is 42.4 Å². The van der Waals surface area contributed by atoms with E-state index in [2.05, 4.69) is 52.5 Å². The molecule has 190 valence electrons. The lowest BCUT2D eigenvalue weighted by atomic mass is 9.71. The van der Waals surface area contributed by atoms with E-state index in [0.717, 1.165) is 49.5 Å². The molecular weight excluding hydrogens is 435 g/mol. The molecule has 0 aromatic heterocycles. The van der Waals surface area contributed by atoms with Gasteiger partial charge in [0.15, 0.2) is 0 Å². The zero-order valence-electron chi connectivity index (χ0n) is 22.8. The Morgan fingerprint density at radius 1 is 0.941 bits per heavy atom. The molecule has 0 fully saturated rings. The van der Waals surface area contributed by atoms with Gasteiger partial charge in [-0.3, -0.25) is 0 Å². The van der Waals surface area contributed by atoms with Crippen molar-refractivity contribution in [3.05, 3.63) is 59.2 Å². The average molecular weight is 485 g/mol. The van der Waals surface area contributed by atoms with E-state index in [4.69, 9.17) is 17.7 Å². The van der Waals surface area contributed by atoms with Gasteiger partial charge in [-0.2, -0.15) is 12.6 Å². The third kappa shape index (κ3) is 11.4. The number of thiol groups is 1. The van der Waals surface area contributed by atoms with Crippen molar-refractivity contribution in [3.63, 3.8) is 0 Å². The topological polar surface area (TPSA) is 29.5 Å². The molecule has 2 radical (unpaired) electrons. The van der Waals surface area contributed by atoms with Gasteiger partial charge in [0.25, 0.3) is 0 Å². The first-order valence-electron chi connectivity index (χ1n) is 13.2. The first-order chi connectivity index (χ1) is 16.5. The van der Waals surface area contributed by atoms with Gasteiger partial charge in [0.2, 0.25) is 0 Å². The van der Waals surface area contributed by atoms with Crippen LogP contribution in [0.4, 0.5) is 0 Å². The van der Waals surface area contributed by atoms with E-state index in [1.54, 1.807) is 0 Å². The summed E-state index contributed by atoms with van der Waals surface area (Å²) < 4.78 is 6.31. The van der Waals surface area contributed by atoms with Crippen molar-refractivity contribution in [2.45, 2.75) is 92.3 Å². The molecule has 1 N–H and O–H groups in total. The number of hydrogen-bond donors (Lipinski definition) is 2. The molecule has 0 amide bonds. The Bertz CT molecular complexity index is 751. The lowest BCUT2D eigenvalue weighted by molar-refractivity contribution is 0.367. The lowest BCUT2D eigenvalue weighted by Crippen LogP contribution is -2.12. The van der Waals surface area contributed by atoms with Crippen molar-refractivity contribution in [3.8, 4) is 11.5 Å². The first-order valence-corrected chi connectivity index (χ1v) is 13.8. The van der Waals surface area contributed by atoms with Crippen LogP contribution in [0.2, 0.25) is 0 Å². The van der Waals surface area contributed by atoms with Crippen LogP contribution in [0.5, 0.6) is 11.5 Å². The van der Waals surface area contributed by atoms with E-state index in [0.29, 0.717) is 5.92 Å². The summed E-state index contributed by atoms with van der Waals surface area (Å²) in [6.45, 7) is 13.0. The second kappa shape index (κ2) is 19.9. The Hall–Kier alpha value is -1.39. The van der Waals surface area contributed by atoms with E-state index in [9.17, 15) is 0 Å². The van der Waals surface area contributed by atoms with Crippen LogP contribution >= 0.6 is 12.6 Å². The quantitative estimate of drug-likeness (QED) is 0.220. The van der Waals surface area contributed by atoms with Crippen LogP contribution in [0.25, 0.3) is 0 Å². The SMILES string of the molecule is CC.CO.[B]C(CC(CCS)CCC(C)CCC)c1ccc(CC)c(Oc2ccccc2)c1C. The maximum atomic E-state index is 7.00. The predicted molar refractivity (Wildman–Crippen MR) is 155 cm³/mol. The van der Waals surface area contributed by atoms with Crippen molar-refractivity contribution in [1.82, 2.24) is 0 Å². The molecular formula is C30H49BO2S. The average Bonchev–Trinajstić information content (AvgIpc) is 2.87. The third-order valence-corrected chi connectivity index (χ3v) is 6.50. The number of hydrogen-bond acceptors (Lipinski definition) is 3. The number of ether oxygens (including phenoxy) is 1. The fraction of sp³-hybridized carbons (Fsp3) is 0.600. The predicted octanol–water partition coefficient (Wildman–Crippen LogP) is 8.74. The monoisotopic (exact) mass is 484 g/mol. The molecule has 2 aromatic carbocycles. The summed E-state index contributed by atoms with van der Waals surface area (Å²) in [5, 5.41) is 7.00. The summed E-state index contributed by atoms with van der Waals surface area (Å²) >= 11 is 4.51.